The Morgan fingerprint density at radius 1 is 1.41 bits per heavy atom. The molecular weight excluding hydrogens is 364 g/mol. The Hall–Kier alpha value is -2.96. The third-order valence-electron chi connectivity index (χ3n) is 4.90. The highest BCUT2D eigenvalue weighted by molar-refractivity contribution is 5.80. The Bertz CT molecular complexity index is 815. The van der Waals surface area contributed by atoms with Crippen molar-refractivity contribution in [3.63, 3.8) is 0 Å². The quantitative estimate of drug-likeness (QED) is 0.408. The van der Waals surface area contributed by atoms with Crippen molar-refractivity contribution in [3.05, 3.63) is 54.9 Å². The Morgan fingerprint density at radius 2 is 2.28 bits per heavy atom. The van der Waals surface area contributed by atoms with Gasteiger partial charge in [0.1, 0.15) is 12.4 Å². The number of ether oxygens (including phenoxy) is 1. The molecule has 2 N–H and O–H groups in total. The van der Waals surface area contributed by atoms with E-state index in [-0.39, 0.29) is 0 Å². The lowest BCUT2D eigenvalue weighted by molar-refractivity contribution is 0.359. The van der Waals surface area contributed by atoms with Crippen LogP contribution < -0.4 is 20.3 Å². The topological polar surface area (TPSA) is 66.7 Å². The zero-order valence-corrected chi connectivity index (χ0v) is 17.5. The molecule has 2 heterocycles. The summed E-state index contributed by atoms with van der Waals surface area (Å²) in [6.07, 6.45) is 8.02. The van der Waals surface area contributed by atoms with Crippen molar-refractivity contribution in [1.29, 1.82) is 0 Å². The number of benzene rings is 1. The number of hydrogen-bond donors (Lipinski definition) is 2. The van der Waals surface area contributed by atoms with E-state index in [2.05, 4.69) is 46.4 Å². The molecule has 156 valence electrons. The minimum Gasteiger partial charge on any atom is -0.489 e. The lowest BCUT2D eigenvalue weighted by Gasteiger charge is -2.34. The van der Waals surface area contributed by atoms with E-state index in [1.807, 2.05) is 36.1 Å². The average Bonchev–Trinajstić information content (AvgIpc) is 3.18. The number of aromatic nitrogens is 2. The maximum absolute atomic E-state index is 5.75. The summed E-state index contributed by atoms with van der Waals surface area (Å²) in [4.78, 5) is 7.19. The molecule has 1 fully saturated rings. The van der Waals surface area contributed by atoms with Crippen molar-refractivity contribution in [2.75, 3.05) is 31.1 Å². The summed E-state index contributed by atoms with van der Waals surface area (Å²) in [5.74, 6) is 1.69. The van der Waals surface area contributed by atoms with Gasteiger partial charge in [0.2, 0.25) is 0 Å². The van der Waals surface area contributed by atoms with Crippen LogP contribution in [0.2, 0.25) is 0 Å². The lowest BCUT2D eigenvalue weighted by Crippen LogP contribution is -2.51. The summed E-state index contributed by atoms with van der Waals surface area (Å²) >= 11 is 0. The molecule has 0 amide bonds. The summed E-state index contributed by atoms with van der Waals surface area (Å²) in [5, 5.41) is 11.3. The van der Waals surface area contributed by atoms with Crippen LogP contribution in [0, 0.1) is 0 Å². The number of aryl methyl sites for hydroxylation is 1. The summed E-state index contributed by atoms with van der Waals surface area (Å²) in [6, 6.07) is 8.36. The average molecular weight is 397 g/mol. The molecule has 1 aliphatic heterocycles. The number of hydrogen-bond acceptors (Lipinski definition) is 4. The number of guanidine groups is 1. The van der Waals surface area contributed by atoms with E-state index in [0.29, 0.717) is 19.2 Å². The molecule has 0 spiro atoms. The van der Waals surface area contributed by atoms with Crippen LogP contribution in [0.3, 0.4) is 0 Å². The Labute approximate surface area is 173 Å². The molecule has 1 saturated heterocycles. The van der Waals surface area contributed by atoms with Crippen molar-refractivity contribution < 1.29 is 4.74 Å². The van der Waals surface area contributed by atoms with Crippen molar-refractivity contribution in [2.45, 2.75) is 32.4 Å². The summed E-state index contributed by atoms with van der Waals surface area (Å²) < 4.78 is 7.60. The van der Waals surface area contributed by atoms with E-state index >= 15 is 0 Å². The molecule has 29 heavy (non-hydrogen) atoms. The number of anilines is 1. The second kappa shape index (κ2) is 10.5. The molecule has 1 aromatic heterocycles. The van der Waals surface area contributed by atoms with Crippen LogP contribution in [0.25, 0.3) is 0 Å². The number of aliphatic imine (C=N–C) groups is 1. The minimum atomic E-state index is 0.342. The van der Waals surface area contributed by atoms with Crippen molar-refractivity contribution in [3.8, 4) is 5.75 Å². The normalized spacial score (nSPS) is 17.1. The van der Waals surface area contributed by atoms with Crippen molar-refractivity contribution in [1.82, 2.24) is 20.4 Å². The number of nitrogens with one attached hydrogen (secondary N) is 2. The first-order chi connectivity index (χ1) is 14.2. The highest BCUT2D eigenvalue weighted by Crippen LogP contribution is 2.20. The molecule has 0 radical (unpaired) electrons. The first-order valence-electron chi connectivity index (χ1n) is 10.3. The molecule has 0 aliphatic carbocycles. The van der Waals surface area contributed by atoms with Crippen LogP contribution in [-0.4, -0.2) is 48.0 Å². The Balaban J connectivity index is 1.64. The maximum Gasteiger partial charge on any atom is 0.191 e. The fourth-order valence-electron chi connectivity index (χ4n) is 3.50. The summed E-state index contributed by atoms with van der Waals surface area (Å²) in [6.45, 7) is 9.67. The molecule has 2 aromatic rings. The molecule has 1 aromatic carbocycles. The highest BCUT2D eigenvalue weighted by atomic mass is 16.5. The minimum absolute atomic E-state index is 0.342. The van der Waals surface area contributed by atoms with Crippen molar-refractivity contribution >= 4 is 11.6 Å². The number of para-hydroxylation sites is 1. The molecule has 0 bridgehead atoms. The third kappa shape index (κ3) is 6.01. The molecule has 3 rings (SSSR count). The van der Waals surface area contributed by atoms with Gasteiger partial charge in [-0.2, -0.15) is 5.10 Å². The predicted octanol–water partition coefficient (Wildman–Crippen LogP) is 2.71. The first kappa shape index (κ1) is 20.8. The van der Waals surface area contributed by atoms with Crippen LogP contribution in [-0.2, 0) is 13.6 Å². The van der Waals surface area contributed by atoms with Crippen LogP contribution in [0.4, 0.5) is 5.69 Å². The molecule has 7 nitrogen and oxygen atoms in total. The second-order valence-corrected chi connectivity index (χ2v) is 7.20. The lowest BCUT2D eigenvalue weighted by atomic mass is 10.1. The van der Waals surface area contributed by atoms with Crippen LogP contribution in [0.15, 0.2) is 54.3 Å². The molecule has 1 aliphatic rings. The largest absolute Gasteiger partial charge is 0.489 e. The zero-order chi connectivity index (χ0) is 20.5. The van der Waals surface area contributed by atoms with E-state index in [1.165, 1.54) is 5.69 Å². The SMILES string of the molecule is C=CCOc1ccccc1CN=C(NCC)NC1CCCN(c2cnn(C)c2)C1. The third-order valence-corrected chi connectivity index (χ3v) is 4.90. The fraction of sp³-hybridized carbons (Fsp3) is 0.455. The maximum atomic E-state index is 5.75. The number of piperidine rings is 1. The van der Waals surface area contributed by atoms with Crippen LogP contribution in [0.5, 0.6) is 5.75 Å². The molecular formula is C22H32N6O. The molecule has 7 heteroatoms. The number of rotatable bonds is 8. The predicted molar refractivity (Wildman–Crippen MR) is 119 cm³/mol. The van der Waals surface area contributed by atoms with E-state index in [0.717, 1.165) is 49.7 Å². The van der Waals surface area contributed by atoms with Crippen LogP contribution >= 0.6 is 0 Å². The van der Waals surface area contributed by atoms with E-state index < -0.39 is 0 Å². The zero-order valence-electron chi connectivity index (χ0n) is 17.5. The first-order valence-corrected chi connectivity index (χ1v) is 10.3. The highest BCUT2D eigenvalue weighted by Gasteiger charge is 2.21. The van der Waals surface area contributed by atoms with Gasteiger partial charge in [-0.25, -0.2) is 4.99 Å². The standard InChI is InChI=1S/C22H32N6O/c1-4-13-29-21-11-7-6-9-18(21)14-24-22(23-5-2)26-19-10-8-12-28(16-19)20-15-25-27(3)17-20/h4,6-7,9,11,15,17,19H,1,5,8,10,12-14,16H2,2-3H3,(H2,23,24,26). The van der Waals surface area contributed by atoms with Gasteiger partial charge in [-0.15, -0.1) is 0 Å². The van der Waals surface area contributed by atoms with Crippen LogP contribution in [0.1, 0.15) is 25.3 Å². The van der Waals surface area contributed by atoms with Gasteiger partial charge in [0.15, 0.2) is 5.96 Å². The summed E-state index contributed by atoms with van der Waals surface area (Å²) in [7, 11) is 1.95. The van der Waals surface area contributed by atoms with Gasteiger partial charge in [-0.05, 0) is 25.8 Å². The molecule has 1 atom stereocenters. The fourth-order valence-corrected chi connectivity index (χ4v) is 3.50. The van der Waals surface area contributed by atoms with Gasteiger partial charge < -0.3 is 20.3 Å². The van der Waals surface area contributed by atoms with Gasteiger partial charge in [-0.3, -0.25) is 4.68 Å². The molecule has 0 saturated carbocycles. The van der Waals surface area contributed by atoms with Gasteiger partial charge in [0.05, 0.1) is 18.4 Å². The Morgan fingerprint density at radius 3 is 3.03 bits per heavy atom. The monoisotopic (exact) mass is 396 g/mol. The number of nitrogens with zero attached hydrogens (tertiary/aromatic N) is 4. The van der Waals surface area contributed by atoms with Gasteiger partial charge in [0.25, 0.3) is 0 Å². The Kier molecular flexibility index (Phi) is 7.55. The van der Waals surface area contributed by atoms with Gasteiger partial charge >= 0.3 is 0 Å². The molecule has 1 unspecified atom stereocenters. The van der Waals surface area contributed by atoms with Crippen molar-refractivity contribution in [2.24, 2.45) is 12.0 Å². The van der Waals surface area contributed by atoms with E-state index in [4.69, 9.17) is 9.73 Å². The van der Waals surface area contributed by atoms with Gasteiger partial charge in [-0.1, -0.05) is 30.9 Å². The van der Waals surface area contributed by atoms with E-state index in [9.17, 15) is 0 Å². The van der Waals surface area contributed by atoms with Gasteiger partial charge in [0, 0.05) is 44.5 Å². The summed E-state index contributed by atoms with van der Waals surface area (Å²) in [5.41, 5.74) is 2.24. The second-order valence-electron chi connectivity index (χ2n) is 7.20. The smallest absolute Gasteiger partial charge is 0.191 e. The van der Waals surface area contributed by atoms with E-state index in [1.54, 1.807) is 6.08 Å².